The van der Waals surface area contributed by atoms with Gasteiger partial charge in [-0.1, -0.05) is 12.1 Å². The molecule has 2 N–H and O–H groups in total. The summed E-state index contributed by atoms with van der Waals surface area (Å²) in [5.74, 6) is 1.18. The molecular weight excluding hydrogens is 366 g/mol. The smallest absolute Gasteiger partial charge is 0.225 e. The third kappa shape index (κ3) is 5.30. The predicted octanol–water partition coefficient (Wildman–Crippen LogP) is 2.16. The van der Waals surface area contributed by atoms with Crippen LogP contribution in [0.5, 0.6) is 5.75 Å². The van der Waals surface area contributed by atoms with Crippen molar-refractivity contribution in [1.82, 2.24) is 15.1 Å². The number of amides is 2. The summed E-state index contributed by atoms with van der Waals surface area (Å²) in [6.45, 7) is 4.28. The van der Waals surface area contributed by atoms with Gasteiger partial charge in [-0.3, -0.25) is 14.5 Å². The molecule has 0 spiro atoms. The van der Waals surface area contributed by atoms with Crippen LogP contribution < -0.4 is 5.32 Å². The minimum absolute atomic E-state index is 0.0645. The van der Waals surface area contributed by atoms with Crippen LogP contribution in [0.2, 0.25) is 0 Å². The number of nitrogens with one attached hydrogen (secondary N) is 1. The molecular formula is C23H33N3O3. The van der Waals surface area contributed by atoms with E-state index in [0.29, 0.717) is 24.4 Å². The van der Waals surface area contributed by atoms with Crippen molar-refractivity contribution in [2.45, 2.75) is 51.0 Å². The standard InChI is InChI=1S/C23H33N3O3/c27-21-7-3-17(4-8-21)9-12-24-22(28)19-2-1-13-26(16-19)20-10-14-25(15-11-20)23(29)18-5-6-18/h3-4,7-8,18-20,27H,1-2,5-6,9-16H2,(H,24,28). The molecule has 29 heavy (non-hydrogen) atoms. The molecule has 0 bridgehead atoms. The fourth-order valence-corrected chi connectivity index (χ4v) is 4.73. The van der Waals surface area contributed by atoms with Gasteiger partial charge in [0.15, 0.2) is 0 Å². The van der Waals surface area contributed by atoms with Crippen molar-refractivity contribution < 1.29 is 14.7 Å². The maximum absolute atomic E-state index is 12.7. The third-order valence-corrected chi connectivity index (χ3v) is 6.69. The Hall–Kier alpha value is -2.08. The molecule has 4 rings (SSSR count). The van der Waals surface area contributed by atoms with Gasteiger partial charge in [0, 0.05) is 38.1 Å². The predicted molar refractivity (Wildman–Crippen MR) is 111 cm³/mol. The molecule has 3 fully saturated rings. The maximum Gasteiger partial charge on any atom is 0.225 e. The van der Waals surface area contributed by atoms with Crippen LogP contribution in [0.4, 0.5) is 0 Å². The largest absolute Gasteiger partial charge is 0.508 e. The number of piperidine rings is 2. The van der Waals surface area contributed by atoms with E-state index < -0.39 is 0 Å². The lowest BCUT2D eigenvalue weighted by Crippen LogP contribution is -2.51. The van der Waals surface area contributed by atoms with Gasteiger partial charge in [0.2, 0.25) is 11.8 Å². The van der Waals surface area contributed by atoms with Crippen LogP contribution in [0, 0.1) is 11.8 Å². The monoisotopic (exact) mass is 399 g/mol. The highest BCUT2D eigenvalue weighted by molar-refractivity contribution is 5.81. The first-order chi connectivity index (χ1) is 14.1. The van der Waals surface area contributed by atoms with Crippen LogP contribution in [-0.4, -0.2) is 65.5 Å². The van der Waals surface area contributed by atoms with E-state index in [2.05, 4.69) is 15.1 Å². The van der Waals surface area contributed by atoms with Gasteiger partial charge in [-0.05, 0) is 69.2 Å². The van der Waals surface area contributed by atoms with Gasteiger partial charge >= 0.3 is 0 Å². The lowest BCUT2D eigenvalue weighted by Gasteiger charge is -2.42. The topological polar surface area (TPSA) is 72.9 Å². The Balaban J connectivity index is 1.20. The molecule has 6 nitrogen and oxygen atoms in total. The van der Waals surface area contributed by atoms with E-state index in [1.54, 1.807) is 12.1 Å². The van der Waals surface area contributed by atoms with Crippen LogP contribution in [0.3, 0.4) is 0 Å². The van der Waals surface area contributed by atoms with Crippen molar-refractivity contribution in [1.29, 1.82) is 0 Å². The van der Waals surface area contributed by atoms with E-state index >= 15 is 0 Å². The summed E-state index contributed by atoms with van der Waals surface area (Å²) >= 11 is 0. The lowest BCUT2D eigenvalue weighted by atomic mass is 9.93. The number of aromatic hydroxyl groups is 1. The number of phenols is 1. The highest BCUT2D eigenvalue weighted by atomic mass is 16.3. The van der Waals surface area contributed by atoms with E-state index in [4.69, 9.17) is 0 Å². The van der Waals surface area contributed by atoms with E-state index in [9.17, 15) is 14.7 Å². The molecule has 0 aromatic heterocycles. The number of phenolic OH excluding ortho intramolecular Hbond substituents is 1. The quantitative estimate of drug-likeness (QED) is 0.769. The Morgan fingerprint density at radius 3 is 2.38 bits per heavy atom. The Labute approximate surface area is 173 Å². The Morgan fingerprint density at radius 2 is 1.69 bits per heavy atom. The third-order valence-electron chi connectivity index (χ3n) is 6.69. The van der Waals surface area contributed by atoms with Crippen molar-refractivity contribution in [2.24, 2.45) is 11.8 Å². The average Bonchev–Trinajstić information content (AvgIpc) is 3.60. The number of rotatable bonds is 6. The molecule has 1 aromatic rings. The van der Waals surface area contributed by atoms with E-state index in [1.807, 2.05) is 12.1 Å². The zero-order valence-electron chi connectivity index (χ0n) is 17.2. The number of carbonyl (C=O) groups excluding carboxylic acids is 2. The first-order valence-electron chi connectivity index (χ1n) is 11.2. The average molecular weight is 400 g/mol. The highest BCUT2D eigenvalue weighted by Gasteiger charge is 2.37. The van der Waals surface area contributed by atoms with Gasteiger partial charge in [0.1, 0.15) is 5.75 Å². The van der Waals surface area contributed by atoms with Crippen molar-refractivity contribution in [3.8, 4) is 5.75 Å². The molecule has 6 heteroatoms. The number of nitrogens with zero attached hydrogens (tertiary/aromatic N) is 2. The van der Waals surface area contributed by atoms with Crippen molar-refractivity contribution in [2.75, 3.05) is 32.7 Å². The Morgan fingerprint density at radius 1 is 0.966 bits per heavy atom. The Kier molecular flexibility index (Phi) is 6.38. The zero-order valence-corrected chi connectivity index (χ0v) is 17.2. The van der Waals surface area contributed by atoms with Gasteiger partial charge in [-0.2, -0.15) is 0 Å². The summed E-state index contributed by atoms with van der Waals surface area (Å²) in [6.07, 6.45) is 7.03. The molecule has 3 aliphatic rings. The molecule has 1 atom stereocenters. The fourth-order valence-electron chi connectivity index (χ4n) is 4.73. The van der Waals surface area contributed by atoms with Crippen molar-refractivity contribution >= 4 is 11.8 Å². The second-order valence-corrected chi connectivity index (χ2v) is 8.87. The molecule has 1 unspecified atom stereocenters. The van der Waals surface area contributed by atoms with Crippen molar-refractivity contribution in [3.63, 3.8) is 0 Å². The van der Waals surface area contributed by atoms with Crippen LogP contribution in [0.15, 0.2) is 24.3 Å². The highest BCUT2D eigenvalue weighted by Crippen LogP contribution is 2.32. The van der Waals surface area contributed by atoms with Crippen molar-refractivity contribution in [3.05, 3.63) is 29.8 Å². The molecule has 1 aliphatic carbocycles. The molecule has 1 aromatic carbocycles. The van der Waals surface area contributed by atoms with Gasteiger partial charge in [-0.15, -0.1) is 0 Å². The second-order valence-electron chi connectivity index (χ2n) is 8.87. The summed E-state index contributed by atoms with van der Waals surface area (Å²) in [4.78, 5) is 29.5. The van der Waals surface area contributed by atoms with Crippen LogP contribution in [0.25, 0.3) is 0 Å². The van der Waals surface area contributed by atoms with Gasteiger partial charge in [0.05, 0.1) is 5.92 Å². The zero-order chi connectivity index (χ0) is 20.2. The molecule has 2 heterocycles. The minimum Gasteiger partial charge on any atom is -0.508 e. The van der Waals surface area contributed by atoms with E-state index in [0.717, 1.165) is 76.7 Å². The number of hydrogen-bond donors (Lipinski definition) is 2. The lowest BCUT2D eigenvalue weighted by molar-refractivity contribution is -0.134. The fraction of sp³-hybridized carbons (Fsp3) is 0.652. The number of hydrogen-bond acceptors (Lipinski definition) is 4. The summed E-state index contributed by atoms with van der Waals surface area (Å²) < 4.78 is 0. The first kappa shape index (κ1) is 20.2. The molecule has 158 valence electrons. The summed E-state index contributed by atoms with van der Waals surface area (Å²) in [5, 5.41) is 12.4. The summed E-state index contributed by atoms with van der Waals surface area (Å²) in [5.41, 5.74) is 1.11. The molecule has 0 radical (unpaired) electrons. The number of carbonyl (C=O) groups is 2. The van der Waals surface area contributed by atoms with Crippen LogP contribution >= 0.6 is 0 Å². The van der Waals surface area contributed by atoms with Gasteiger partial charge in [0.25, 0.3) is 0 Å². The normalized spacial score (nSPS) is 23.7. The number of likely N-dealkylation sites (tertiary alicyclic amines) is 2. The summed E-state index contributed by atoms with van der Waals surface area (Å²) in [7, 11) is 0. The SMILES string of the molecule is O=C(NCCc1ccc(O)cc1)C1CCCN(C2CCN(C(=O)C3CC3)CC2)C1. The first-order valence-corrected chi connectivity index (χ1v) is 11.2. The number of benzene rings is 1. The van der Waals surface area contributed by atoms with E-state index in [-0.39, 0.29) is 17.6 Å². The molecule has 2 aliphatic heterocycles. The van der Waals surface area contributed by atoms with Gasteiger partial charge in [-0.25, -0.2) is 0 Å². The van der Waals surface area contributed by atoms with Gasteiger partial charge < -0.3 is 15.3 Å². The summed E-state index contributed by atoms with van der Waals surface area (Å²) in [6, 6.07) is 7.65. The Bertz CT molecular complexity index is 709. The van der Waals surface area contributed by atoms with Crippen LogP contribution in [0.1, 0.15) is 44.1 Å². The molecule has 2 amide bonds. The minimum atomic E-state index is 0.0645. The van der Waals surface area contributed by atoms with Crippen LogP contribution in [-0.2, 0) is 16.0 Å². The molecule has 2 saturated heterocycles. The maximum atomic E-state index is 12.7. The van der Waals surface area contributed by atoms with E-state index in [1.165, 1.54) is 0 Å². The second kappa shape index (κ2) is 9.16. The molecule has 1 saturated carbocycles.